The maximum Gasteiger partial charge on any atom is 0.245 e. The van der Waals surface area contributed by atoms with Crippen LogP contribution in [0.25, 0.3) is 0 Å². The van der Waals surface area contributed by atoms with Crippen LogP contribution < -0.4 is 10.6 Å². The van der Waals surface area contributed by atoms with Gasteiger partial charge in [0.15, 0.2) is 0 Å². The van der Waals surface area contributed by atoms with E-state index in [1.165, 1.54) is 0 Å². The predicted octanol–water partition coefficient (Wildman–Crippen LogP) is 2.31. The molecule has 0 aromatic carbocycles. The Labute approximate surface area is 141 Å². The van der Waals surface area contributed by atoms with Gasteiger partial charge in [0.2, 0.25) is 11.8 Å². The van der Waals surface area contributed by atoms with Crippen molar-refractivity contribution in [3.05, 3.63) is 0 Å². The Morgan fingerprint density at radius 1 is 1.22 bits per heavy atom. The number of nitrogens with zero attached hydrogens (tertiary/aromatic N) is 1. The molecule has 0 aromatic heterocycles. The van der Waals surface area contributed by atoms with Crippen molar-refractivity contribution >= 4 is 11.8 Å². The lowest BCUT2D eigenvalue weighted by molar-refractivity contribution is -0.139. The number of carbonyl (C=O) groups is 2. The molecule has 23 heavy (non-hydrogen) atoms. The van der Waals surface area contributed by atoms with Gasteiger partial charge in [0.25, 0.3) is 0 Å². The van der Waals surface area contributed by atoms with Crippen molar-refractivity contribution < 1.29 is 9.59 Å². The number of hydrogen-bond acceptors (Lipinski definition) is 3. The Balaban J connectivity index is 2.92. The number of amides is 2. The summed E-state index contributed by atoms with van der Waals surface area (Å²) in [5, 5.41) is 5.74. The monoisotopic (exact) mass is 325 g/mol. The second-order valence-electron chi connectivity index (χ2n) is 6.98. The molecule has 0 aliphatic carbocycles. The largest absolute Gasteiger partial charge is 0.343 e. The third-order valence-electron chi connectivity index (χ3n) is 5.69. The van der Waals surface area contributed by atoms with Gasteiger partial charge in [-0.15, -0.1) is 0 Å². The molecular weight excluding hydrogens is 290 g/mol. The molecule has 1 heterocycles. The van der Waals surface area contributed by atoms with Gasteiger partial charge in [-0.3, -0.25) is 9.59 Å². The van der Waals surface area contributed by atoms with Gasteiger partial charge < -0.3 is 15.5 Å². The summed E-state index contributed by atoms with van der Waals surface area (Å²) in [7, 11) is 1.73. The Morgan fingerprint density at radius 2 is 1.83 bits per heavy atom. The number of hydrogen-bond donors (Lipinski definition) is 2. The number of nitrogens with one attached hydrogen (secondary N) is 2. The minimum atomic E-state index is -0.407. The standard InChI is InChI=1S/C18H35N3O2/c1-7-10-15(20-16(22)12-19-6)17(23)21-13(4)11-18(8-2,9-3)14(21)5/h13-15,19H,7-12H2,1-6H3,(H,20,22). The van der Waals surface area contributed by atoms with Crippen LogP contribution >= 0.6 is 0 Å². The number of likely N-dealkylation sites (N-methyl/N-ethyl adjacent to an activating group) is 1. The lowest BCUT2D eigenvalue weighted by Gasteiger charge is -2.36. The molecule has 0 bridgehead atoms. The van der Waals surface area contributed by atoms with E-state index in [1.54, 1.807) is 7.05 Å². The molecule has 5 heteroatoms. The first-order chi connectivity index (χ1) is 10.9. The van der Waals surface area contributed by atoms with E-state index in [2.05, 4.69) is 38.3 Å². The maximum atomic E-state index is 13.1. The van der Waals surface area contributed by atoms with E-state index in [0.717, 1.165) is 25.7 Å². The summed E-state index contributed by atoms with van der Waals surface area (Å²) < 4.78 is 0. The lowest BCUT2D eigenvalue weighted by atomic mass is 9.75. The highest BCUT2D eigenvalue weighted by molar-refractivity contribution is 5.88. The van der Waals surface area contributed by atoms with Crippen LogP contribution in [-0.4, -0.2) is 48.4 Å². The summed E-state index contributed by atoms with van der Waals surface area (Å²) in [6.07, 6.45) is 4.79. The molecular formula is C18H35N3O2. The average Bonchev–Trinajstić information content (AvgIpc) is 2.77. The first-order valence-electron chi connectivity index (χ1n) is 9.12. The molecule has 5 nitrogen and oxygen atoms in total. The second-order valence-corrected chi connectivity index (χ2v) is 6.98. The molecule has 0 spiro atoms. The van der Waals surface area contributed by atoms with Crippen LogP contribution in [0.5, 0.6) is 0 Å². The fraction of sp³-hybridized carbons (Fsp3) is 0.889. The first kappa shape index (κ1) is 19.9. The van der Waals surface area contributed by atoms with Gasteiger partial charge in [-0.2, -0.15) is 0 Å². The zero-order valence-electron chi connectivity index (χ0n) is 15.7. The smallest absolute Gasteiger partial charge is 0.245 e. The van der Waals surface area contributed by atoms with E-state index < -0.39 is 6.04 Å². The molecule has 0 saturated carbocycles. The van der Waals surface area contributed by atoms with E-state index in [1.807, 2.05) is 11.8 Å². The highest BCUT2D eigenvalue weighted by Crippen LogP contribution is 2.46. The van der Waals surface area contributed by atoms with Crippen LogP contribution in [0.2, 0.25) is 0 Å². The van der Waals surface area contributed by atoms with Gasteiger partial charge in [-0.1, -0.05) is 27.2 Å². The fourth-order valence-electron chi connectivity index (χ4n) is 4.20. The Morgan fingerprint density at radius 3 is 2.26 bits per heavy atom. The molecule has 2 amide bonds. The van der Waals surface area contributed by atoms with E-state index in [4.69, 9.17) is 0 Å². The van der Waals surface area contributed by atoms with Gasteiger partial charge in [0.05, 0.1) is 6.54 Å². The Kier molecular flexibility index (Phi) is 7.52. The van der Waals surface area contributed by atoms with Gasteiger partial charge in [0.1, 0.15) is 6.04 Å². The summed E-state index contributed by atoms with van der Waals surface area (Å²) in [5.74, 6) is -0.0314. The van der Waals surface area contributed by atoms with Crippen molar-refractivity contribution in [3.8, 4) is 0 Å². The van der Waals surface area contributed by atoms with Crippen LogP contribution in [0.1, 0.15) is 66.7 Å². The Bertz CT molecular complexity index is 407. The molecule has 1 fully saturated rings. The van der Waals surface area contributed by atoms with Crippen LogP contribution in [0.4, 0.5) is 0 Å². The second kappa shape index (κ2) is 8.67. The molecule has 134 valence electrons. The Hall–Kier alpha value is -1.10. The van der Waals surface area contributed by atoms with Crippen LogP contribution in [-0.2, 0) is 9.59 Å². The van der Waals surface area contributed by atoms with Gasteiger partial charge in [-0.25, -0.2) is 0 Å². The molecule has 1 aliphatic rings. The normalized spacial score (nSPS) is 24.5. The maximum absolute atomic E-state index is 13.1. The third-order valence-corrected chi connectivity index (χ3v) is 5.69. The molecule has 0 radical (unpaired) electrons. The van der Waals surface area contributed by atoms with E-state index in [0.29, 0.717) is 6.42 Å². The molecule has 1 rings (SSSR count). The summed E-state index contributed by atoms with van der Waals surface area (Å²) in [4.78, 5) is 27.0. The van der Waals surface area contributed by atoms with Crippen molar-refractivity contribution in [2.45, 2.75) is 84.8 Å². The summed E-state index contributed by atoms with van der Waals surface area (Å²) >= 11 is 0. The molecule has 3 atom stereocenters. The highest BCUT2D eigenvalue weighted by Gasteiger charge is 2.48. The number of rotatable bonds is 8. The first-order valence-corrected chi connectivity index (χ1v) is 9.12. The van der Waals surface area contributed by atoms with Crippen LogP contribution in [0.3, 0.4) is 0 Å². The molecule has 0 aromatic rings. The zero-order chi connectivity index (χ0) is 17.6. The number of carbonyl (C=O) groups excluding carboxylic acids is 2. The molecule has 1 saturated heterocycles. The van der Waals surface area contributed by atoms with Crippen molar-refractivity contribution in [2.75, 3.05) is 13.6 Å². The van der Waals surface area contributed by atoms with Crippen molar-refractivity contribution in [1.29, 1.82) is 0 Å². The van der Waals surface area contributed by atoms with E-state index in [-0.39, 0.29) is 35.9 Å². The SMILES string of the molecule is CCCC(NC(=O)CNC)C(=O)N1C(C)CC(CC)(CC)C1C. The average molecular weight is 325 g/mol. The highest BCUT2D eigenvalue weighted by atomic mass is 16.2. The summed E-state index contributed by atoms with van der Waals surface area (Å²) in [5.41, 5.74) is 0.209. The van der Waals surface area contributed by atoms with E-state index in [9.17, 15) is 9.59 Å². The van der Waals surface area contributed by atoms with Crippen LogP contribution in [0.15, 0.2) is 0 Å². The van der Waals surface area contributed by atoms with Crippen molar-refractivity contribution in [3.63, 3.8) is 0 Å². The number of likely N-dealkylation sites (tertiary alicyclic amines) is 1. The quantitative estimate of drug-likeness (QED) is 0.720. The molecule has 1 aliphatic heterocycles. The summed E-state index contributed by atoms with van der Waals surface area (Å²) in [6.45, 7) is 11.0. The predicted molar refractivity (Wildman–Crippen MR) is 94.2 cm³/mol. The van der Waals surface area contributed by atoms with E-state index >= 15 is 0 Å². The topological polar surface area (TPSA) is 61.4 Å². The molecule has 2 N–H and O–H groups in total. The minimum Gasteiger partial charge on any atom is -0.343 e. The minimum absolute atomic E-state index is 0.0834. The fourth-order valence-corrected chi connectivity index (χ4v) is 4.20. The zero-order valence-corrected chi connectivity index (χ0v) is 15.7. The summed E-state index contributed by atoms with van der Waals surface area (Å²) in [6, 6.07) is 0.0498. The van der Waals surface area contributed by atoms with Gasteiger partial charge >= 0.3 is 0 Å². The van der Waals surface area contributed by atoms with Crippen molar-refractivity contribution in [2.24, 2.45) is 5.41 Å². The van der Waals surface area contributed by atoms with Crippen molar-refractivity contribution in [1.82, 2.24) is 15.5 Å². The molecule has 3 unspecified atom stereocenters. The van der Waals surface area contributed by atoms with Gasteiger partial charge in [0, 0.05) is 12.1 Å². The third kappa shape index (κ3) is 4.25. The van der Waals surface area contributed by atoms with Gasteiger partial charge in [-0.05, 0) is 52.0 Å². The lowest BCUT2D eigenvalue weighted by Crippen LogP contribution is -2.53. The van der Waals surface area contributed by atoms with Crippen LogP contribution in [0, 0.1) is 5.41 Å².